The highest BCUT2D eigenvalue weighted by atomic mass is 79.9. The van der Waals surface area contributed by atoms with Crippen LogP contribution in [-0.2, 0) is 5.11 Å². The van der Waals surface area contributed by atoms with Crippen molar-refractivity contribution < 1.29 is 5.11 Å². The molecule has 0 bridgehead atoms. The van der Waals surface area contributed by atoms with Gasteiger partial charge in [0, 0.05) is 9.86 Å². The zero-order chi connectivity index (χ0) is 8.55. The zero-order valence-electron chi connectivity index (χ0n) is 6.25. The first-order valence-electron chi connectivity index (χ1n) is 3.63. The molecule has 0 aliphatic heterocycles. The van der Waals surface area contributed by atoms with Gasteiger partial charge in [0.05, 0.1) is 0 Å². The molecule has 0 aliphatic rings. The molecule has 12 heavy (non-hydrogen) atoms. The van der Waals surface area contributed by atoms with E-state index in [1.165, 1.54) is 0 Å². The van der Waals surface area contributed by atoms with Gasteiger partial charge >= 0.3 is 0 Å². The summed E-state index contributed by atoms with van der Waals surface area (Å²) < 4.78 is 0.866. The second kappa shape index (κ2) is 2.79. The Morgan fingerprint density at radius 2 is 1.67 bits per heavy atom. The lowest BCUT2D eigenvalue weighted by molar-refractivity contribution is 0.360. The van der Waals surface area contributed by atoms with Gasteiger partial charge in [-0.2, -0.15) is 0 Å². The minimum Gasteiger partial charge on any atom is -0.289 e. The number of hydrogen-bond donors (Lipinski definition) is 0. The molecule has 2 aromatic rings. The lowest BCUT2D eigenvalue weighted by Gasteiger charge is -1.99. The van der Waals surface area contributed by atoms with Gasteiger partial charge < -0.3 is 0 Å². The topological polar surface area (TPSA) is 19.9 Å². The third kappa shape index (κ3) is 1.08. The van der Waals surface area contributed by atoms with Crippen molar-refractivity contribution in [1.82, 2.24) is 0 Å². The van der Waals surface area contributed by atoms with Crippen LogP contribution in [0.25, 0.3) is 10.8 Å². The van der Waals surface area contributed by atoms with Crippen molar-refractivity contribution in [3.8, 4) is 5.75 Å². The van der Waals surface area contributed by atoms with Crippen LogP contribution in [-0.4, -0.2) is 0 Å². The standard InChI is InChI=1S/C10H6BrO/c11-8-5-1-3-7-4-2-6-9(12)10(7)8/h1-6H. The van der Waals surface area contributed by atoms with Gasteiger partial charge in [0.25, 0.3) is 0 Å². The highest BCUT2D eigenvalue weighted by Crippen LogP contribution is 2.31. The summed E-state index contributed by atoms with van der Waals surface area (Å²) in [6.45, 7) is 0. The predicted octanol–water partition coefficient (Wildman–Crippen LogP) is 3.75. The fourth-order valence-corrected chi connectivity index (χ4v) is 1.84. The van der Waals surface area contributed by atoms with E-state index < -0.39 is 0 Å². The summed E-state index contributed by atoms with van der Waals surface area (Å²) in [5.74, 6) is 0.0694. The second-order valence-corrected chi connectivity index (χ2v) is 3.45. The third-order valence-electron chi connectivity index (χ3n) is 1.82. The van der Waals surface area contributed by atoms with Crippen LogP contribution in [0.1, 0.15) is 0 Å². The first-order valence-corrected chi connectivity index (χ1v) is 4.42. The van der Waals surface area contributed by atoms with Crippen LogP contribution in [0.3, 0.4) is 0 Å². The summed E-state index contributed by atoms with van der Waals surface area (Å²) in [6, 6.07) is 11.0. The summed E-state index contributed by atoms with van der Waals surface area (Å²) in [7, 11) is 0. The molecule has 0 heterocycles. The van der Waals surface area contributed by atoms with Crippen LogP contribution in [0.2, 0.25) is 0 Å². The molecule has 0 N–H and O–H groups in total. The van der Waals surface area contributed by atoms with Gasteiger partial charge in [-0.1, -0.05) is 40.2 Å². The quantitative estimate of drug-likeness (QED) is 0.646. The molecule has 0 aliphatic carbocycles. The van der Waals surface area contributed by atoms with Crippen molar-refractivity contribution in [2.75, 3.05) is 0 Å². The molecule has 1 radical (unpaired) electrons. The third-order valence-corrected chi connectivity index (χ3v) is 2.48. The average Bonchev–Trinajstić information content (AvgIpc) is 2.04. The molecule has 0 spiro atoms. The van der Waals surface area contributed by atoms with Crippen molar-refractivity contribution in [3.05, 3.63) is 40.9 Å². The van der Waals surface area contributed by atoms with Gasteiger partial charge in [-0.15, -0.1) is 0 Å². The van der Waals surface area contributed by atoms with Crippen LogP contribution in [0, 0.1) is 0 Å². The molecule has 2 aromatic carbocycles. The minimum atomic E-state index is 0.0694. The van der Waals surface area contributed by atoms with E-state index in [9.17, 15) is 5.11 Å². The number of hydrogen-bond acceptors (Lipinski definition) is 0. The molecular weight excluding hydrogens is 216 g/mol. The number of fused-ring (bicyclic) bond motifs is 1. The van der Waals surface area contributed by atoms with E-state index in [4.69, 9.17) is 0 Å². The Hall–Kier alpha value is -1.02. The van der Waals surface area contributed by atoms with E-state index in [1.54, 1.807) is 12.1 Å². The highest BCUT2D eigenvalue weighted by Gasteiger charge is 2.02. The number of halogens is 1. The molecule has 0 aromatic heterocycles. The van der Waals surface area contributed by atoms with Crippen molar-refractivity contribution in [3.63, 3.8) is 0 Å². The van der Waals surface area contributed by atoms with E-state index in [0.29, 0.717) is 0 Å². The van der Waals surface area contributed by atoms with Crippen LogP contribution >= 0.6 is 15.9 Å². The minimum absolute atomic E-state index is 0.0694. The van der Waals surface area contributed by atoms with Crippen molar-refractivity contribution in [2.24, 2.45) is 0 Å². The van der Waals surface area contributed by atoms with Crippen LogP contribution < -0.4 is 0 Å². The van der Waals surface area contributed by atoms with Gasteiger partial charge in [0.2, 0.25) is 0 Å². The largest absolute Gasteiger partial charge is 0.289 e. The maximum absolute atomic E-state index is 11.4. The number of benzene rings is 2. The van der Waals surface area contributed by atoms with Crippen LogP contribution in [0.4, 0.5) is 0 Å². The molecule has 0 amide bonds. The van der Waals surface area contributed by atoms with Crippen molar-refractivity contribution in [1.29, 1.82) is 0 Å². The van der Waals surface area contributed by atoms with Crippen molar-refractivity contribution >= 4 is 26.7 Å². The van der Waals surface area contributed by atoms with Gasteiger partial charge in [-0.05, 0) is 17.5 Å². The fourth-order valence-electron chi connectivity index (χ4n) is 1.26. The van der Waals surface area contributed by atoms with Gasteiger partial charge in [0.1, 0.15) is 0 Å². The van der Waals surface area contributed by atoms with Gasteiger partial charge in [0.15, 0.2) is 5.75 Å². The van der Waals surface area contributed by atoms with E-state index in [0.717, 1.165) is 15.2 Å². The Morgan fingerprint density at radius 3 is 2.33 bits per heavy atom. The fraction of sp³-hybridized carbons (Fsp3) is 0. The summed E-state index contributed by atoms with van der Waals surface area (Å²) in [5.41, 5.74) is 0. The molecule has 1 nitrogen and oxygen atoms in total. The molecular formula is C10H6BrO. The normalized spacial score (nSPS) is 10.4. The summed E-state index contributed by atoms with van der Waals surface area (Å²) in [6.07, 6.45) is 0. The first-order chi connectivity index (χ1) is 5.79. The first kappa shape index (κ1) is 7.62. The van der Waals surface area contributed by atoms with Crippen LogP contribution in [0.15, 0.2) is 40.9 Å². The molecule has 0 saturated heterocycles. The molecule has 0 fully saturated rings. The van der Waals surface area contributed by atoms with E-state index in [1.807, 2.05) is 24.3 Å². The maximum Gasteiger partial charge on any atom is 0.187 e. The molecule has 0 unspecified atom stereocenters. The molecule has 59 valence electrons. The maximum atomic E-state index is 11.4. The van der Waals surface area contributed by atoms with Crippen LogP contribution in [0.5, 0.6) is 5.75 Å². The highest BCUT2D eigenvalue weighted by molar-refractivity contribution is 9.10. The Kier molecular flexibility index (Phi) is 1.77. The molecule has 0 atom stereocenters. The lowest BCUT2D eigenvalue weighted by Crippen LogP contribution is -1.73. The van der Waals surface area contributed by atoms with E-state index >= 15 is 0 Å². The average molecular weight is 222 g/mol. The monoisotopic (exact) mass is 221 g/mol. The predicted molar refractivity (Wildman–Crippen MR) is 51.8 cm³/mol. The lowest BCUT2D eigenvalue weighted by atomic mass is 10.1. The molecule has 0 saturated carbocycles. The molecule has 2 heteroatoms. The summed E-state index contributed by atoms with van der Waals surface area (Å²) >= 11 is 3.35. The Balaban J connectivity index is 2.96. The molecule has 2 rings (SSSR count). The van der Waals surface area contributed by atoms with E-state index in [-0.39, 0.29) is 5.75 Å². The van der Waals surface area contributed by atoms with Crippen molar-refractivity contribution in [2.45, 2.75) is 0 Å². The number of rotatable bonds is 0. The Labute approximate surface area is 78.8 Å². The second-order valence-electron chi connectivity index (χ2n) is 2.59. The Morgan fingerprint density at radius 1 is 1.00 bits per heavy atom. The zero-order valence-corrected chi connectivity index (χ0v) is 7.84. The summed E-state index contributed by atoms with van der Waals surface area (Å²) in [4.78, 5) is 0. The SMILES string of the molecule is [O]c1cccc2cccc(Br)c12. The van der Waals surface area contributed by atoms with E-state index in [2.05, 4.69) is 15.9 Å². The van der Waals surface area contributed by atoms with Gasteiger partial charge in [-0.25, -0.2) is 0 Å². The van der Waals surface area contributed by atoms with Gasteiger partial charge in [-0.3, -0.25) is 5.11 Å². The Bertz CT molecular complexity index is 386. The summed E-state index contributed by atoms with van der Waals surface area (Å²) in [5, 5.41) is 13.1. The smallest absolute Gasteiger partial charge is 0.187 e.